The van der Waals surface area contributed by atoms with Crippen molar-refractivity contribution in [2.75, 3.05) is 30.9 Å². The van der Waals surface area contributed by atoms with Crippen molar-refractivity contribution < 1.29 is 0 Å². The summed E-state index contributed by atoms with van der Waals surface area (Å²) in [4.78, 5) is 11.7. The lowest BCUT2D eigenvalue weighted by molar-refractivity contribution is 0.324. The zero-order valence-electron chi connectivity index (χ0n) is 21.3. The number of nitrogens with zero attached hydrogens (tertiary/aromatic N) is 3. The van der Waals surface area contributed by atoms with Crippen LogP contribution in [0.4, 0.5) is 11.8 Å². The van der Waals surface area contributed by atoms with E-state index in [4.69, 9.17) is 9.97 Å². The fraction of sp³-hybridized carbons (Fsp3) is 0.355. The first-order valence-corrected chi connectivity index (χ1v) is 13.3. The third-order valence-corrected chi connectivity index (χ3v) is 7.81. The Morgan fingerprint density at radius 2 is 1.61 bits per heavy atom. The second-order valence-corrected chi connectivity index (χ2v) is 10.6. The molecule has 0 bridgehead atoms. The molecule has 184 valence electrons. The molecule has 1 heterocycles. The van der Waals surface area contributed by atoms with Gasteiger partial charge in [-0.3, -0.25) is 0 Å². The summed E-state index contributed by atoms with van der Waals surface area (Å²) in [6.07, 6.45) is 5.86. The molecule has 0 spiro atoms. The predicted octanol–water partition coefficient (Wildman–Crippen LogP) is 6.03. The van der Waals surface area contributed by atoms with Crippen LogP contribution in [0, 0.1) is 5.92 Å². The van der Waals surface area contributed by atoms with Gasteiger partial charge in [0, 0.05) is 32.1 Å². The van der Waals surface area contributed by atoms with Crippen molar-refractivity contribution in [3.8, 4) is 11.1 Å². The minimum atomic E-state index is 0.441. The molecule has 2 N–H and O–H groups in total. The van der Waals surface area contributed by atoms with Crippen molar-refractivity contribution in [2.45, 2.75) is 44.7 Å². The van der Waals surface area contributed by atoms with E-state index >= 15 is 0 Å². The van der Waals surface area contributed by atoms with E-state index in [-0.39, 0.29) is 0 Å². The van der Waals surface area contributed by atoms with E-state index in [1.807, 2.05) is 26.2 Å². The van der Waals surface area contributed by atoms with Crippen molar-refractivity contribution in [1.82, 2.24) is 15.3 Å². The number of aromatic nitrogens is 2. The third kappa shape index (κ3) is 4.68. The lowest BCUT2D eigenvalue weighted by atomic mass is 9.86. The Bertz CT molecular complexity index is 1370. The SMILES string of the molecule is CN(C)c1nc(NC2CCC(CNCc3ccc4c(c3)Cc3ccccc3-4)CC2)nc2ccccc12. The second-order valence-electron chi connectivity index (χ2n) is 10.6. The Morgan fingerprint density at radius 3 is 2.47 bits per heavy atom. The molecule has 0 saturated heterocycles. The van der Waals surface area contributed by atoms with E-state index in [9.17, 15) is 0 Å². The molecule has 5 nitrogen and oxygen atoms in total. The molecular weight excluding hydrogens is 442 g/mol. The fourth-order valence-electron chi connectivity index (χ4n) is 5.89. The van der Waals surface area contributed by atoms with Gasteiger partial charge in [0.2, 0.25) is 5.95 Å². The summed E-state index contributed by atoms with van der Waals surface area (Å²) < 4.78 is 0. The Labute approximate surface area is 214 Å². The van der Waals surface area contributed by atoms with Crippen LogP contribution < -0.4 is 15.5 Å². The lowest BCUT2D eigenvalue weighted by Crippen LogP contribution is -2.31. The van der Waals surface area contributed by atoms with Crippen molar-refractivity contribution in [2.24, 2.45) is 5.92 Å². The average Bonchev–Trinajstić information content (AvgIpc) is 3.27. The number of benzene rings is 3. The van der Waals surface area contributed by atoms with Crippen LogP contribution in [-0.4, -0.2) is 36.6 Å². The van der Waals surface area contributed by atoms with E-state index in [2.05, 4.69) is 70.1 Å². The number of fused-ring (bicyclic) bond motifs is 4. The van der Waals surface area contributed by atoms with Crippen LogP contribution in [0.2, 0.25) is 0 Å². The molecule has 0 aliphatic heterocycles. The maximum absolute atomic E-state index is 4.83. The molecule has 1 saturated carbocycles. The van der Waals surface area contributed by atoms with Gasteiger partial charge in [-0.15, -0.1) is 0 Å². The average molecular weight is 478 g/mol. The standard InChI is InChI=1S/C31H35N5/c1-36(2)30-28-9-5-6-10-29(28)34-31(35-30)33-25-14-11-21(12-15-25)19-32-20-22-13-16-27-24(17-22)18-23-7-3-4-8-26(23)27/h3-10,13,16-17,21,25,32H,11-12,14-15,18-20H2,1-2H3,(H,33,34,35). The van der Waals surface area contributed by atoms with Gasteiger partial charge in [-0.05, 0) is 84.5 Å². The summed E-state index contributed by atoms with van der Waals surface area (Å²) in [5.74, 6) is 2.45. The van der Waals surface area contributed by atoms with Crippen LogP contribution in [0.3, 0.4) is 0 Å². The molecule has 6 rings (SSSR count). The quantitative estimate of drug-likeness (QED) is 0.300. The summed E-state index contributed by atoms with van der Waals surface area (Å²) in [7, 11) is 4.08. The van der Waals surface area contributed by atoms with E-state index in [1.165, 1.54) is 40.7 Å². The fourth-order valence-corrected chi connectivity index (χ4v) is 5.89. The monoisotopic (exact) mass is 477 g/mol. The Kier molecular flexibility index (Phi) is 6.32. The van der Waals surface area contributed by atoms with Gasteiger partial charge in [-0.25, -0.2) is 4.98 Å². The van der Waals surface area contributed by atoms with Crippen LogP contribution in [-0.2, 0) is 13.0 Å². The molecule has 0 unspecified atom stereocenters. The second kappa shape index (κ2) is 9.90. The van der Waals surface area contributed by atoms with Crippen molar-refractivity contribution in [1.29, 1.82) is 0 Å². The molecule has 3 aromatic carbocycles. The van der Waals surface area contributed by atoms with E-state index in [0.29, 0.717) is 6.04 Å². The Morgan fingerprint density at radius 1 is 0.833 bits per heavy atom. The zero-order chi connectivity index (χ0) is 24.5. The minimum absolute atomic E-state index is 0.441. The maximum Gasteiger partial charge on any atom is 0.225 e. The molecule has 1 aromatic heterocycles. The first-order chi connectivity index (χ1) is 17.6. The highest BCUT2D eigenvalue weighted by Gasteiger charge is 2.22. The number of rotatable bonds is 7. The van der Waals surface area contributed by atoms with Gasteiger partial charge in [0.1, 0.15) is 5.82 Å². The molecule has 5 heteroatoms. The van der Waals surface area contributed by atoms with Gasteiger partial charge >= 0.3 is 0 Å². The normalized spacial score (nSPS) is 18.6. The summed E-state index contributed by atoms with van der Waals surface area (Å²) >= 11 is 0. The minimum Gasteiger partial charge on any atom is -0.362 e. The predicted molar refractivity (Wildman–Crippen MR) is 150 cm³/mol. The Balaban J connectivity index is 1.00. The van der Waals surface area contributed by atoms with Gasteiger partial charge in [0.15, 0.2) is 0 Å². The molecule has 2 aliphatic carbocycles. The maximum atomic E-state index is 4.83. The number of anilines is 2. The molecule has 4 aromatic rings. The van der Waals surface area contributed by atoms with E-state index in [0.717, 1.165) is 60.9 Å². The highest BCUT2D eigenvalue weighted by atomic mass is 15.2. The van der Waals surface area contributed by atoms with Crippen LogP contribution in [0.1, 0.15) is 42.4 Å². The molecule has 0 radical (unpaired) electrons. The van der Waals surface area contributed by atoms with Crippen molar-refractivity contribution in [3.05, 3.63) is 83.4 Å². The highest BCUT2D eigenvalue weighted by molar-refractivity contribution is 5.90. The largest absolute Gasteiger partial charge is 0.362 e. The van der Waals surface area contributed by atoms with Crippen LogP contribution >= 0.6 is 0 Å². The van der Waals surface area contributed by atoms with Gasteiger partial charge in [-0.2, -0.15) is 4.98 Å². The summed E-state index contributed by atoms with van der Waals surface area (Å²) in [5.41, 5.74) is 8.12. The summed E-state index contributed by atoms with van der Waals surface area (Å²) in [6, 6.07) is 24.5. The van der Waals surface area contributed by atoms with Crippen molar-refractivity contribution in [3.63, 3.8) is 0 Å². The first-order valence-electron chi connectivity index (χ1n) is 13.3. The summed E-state index contributed by atoms with van der Waals surface area (Å²) in [5, 5.41) is 8.46. The van der Waals surface area contributed by atoms with Gasteiger partial charge in [0.25, 0.3) is 0 Å². The van der Waals surface area contributed by atoms with Gasteiger partial charge in [0.05, 0.1) is 5.52 Å². The number of para-hydroxylation sites is 1. The number of nitrogens with one attached hydrogen (secondary N) is 2. The van der Waals surface area contributed by atoms with E-state index < -0.39 is 0 Å². The highest BCUT2D eigenvalue weighted by Crippen LogP contribution is 2.36. The topological polar surface area (TPSA) is 53.1 Å². The molecular formula is C31H35N5. The number of hydrogen-bond acceptors (Lipinski definition) is 5. The van der Waals surface area contributed by atoms with Gasteiger partial charge in [-0.1, -0.05) is 54.6 Å². The third-order valence-electron chi connectivity index (χ3n) is 7.81. The van der Waals surface area contributed by atoms with Crippen LogP contribution in [0.5, 0.6) is 0 Å². The van der Waals surface area contributed by atoms with Crippen LogP contribution in [0.25, 0.3) is 22.0 Å². The van der Waals surface area contributed by atoms with Crippen LogP contribution in [0.15, 0.2) is 66.7 Å². The van der Waals surface area contributed by atoms with Gasteiger partial charge < -0.3 is 15.5 Å². The lowest BCUT2D eigenvalue weighted by Gasteiger charge is -2.29. The van der Waals surface area contributed by atoms with Crippen molar-refractivity contribution >= 4 is 22.7 Å². The summed E-state index contributed by atoms with van der Waals surface area (Å²) in [6.45, 7) is 2.03. The molecule has 0 amide bonds. The number of hydrogen-bond donors (Lipinski definition) is 2. The first kappa shape index (κ1) is 23.0. The molecule has 36 heavy (non-hydrogen) atoms. The molecule has 0 atom stereocenters. The zero-order valence-corrected chi connectivity index (χ0v) is 21.3. The van der Waals surface area contributed by atoms with E-state index in [1.54, 1.807) is 0 Å². The Hall–Kier alpha value is -3.44. The molecule has 1 fully saturated rings. The molecule has 2 aliphatic rings. The smallest absolute Gasteiger partial charge is 0.225 e.